The van der Waals surface area contributed by atoms with Gasteiger partial charge in [0.15, 0.2) is 0 Å². The van der Waals surface area contributed by atoms with E-state index in [4.69, 9.17) is 4.74 Å². The molecule has 1 amide bonds. The van der Waals surface area contributed by atoms with Crippen molar-refractivity contribution in [2.45, 2.75) is 19.4 Å². The highest BCUT2D eigenvalue weighted by Gasteiger charge is 2.29. The van der Waals surface area contributed by atoms with Crippen LogP contribution in [-0.4, -0.2) is 30.6 Å². The molecule has 0 aliphatic carbocycles. The number of carbonyl (C=O) groups is 1. The number of ether oxygens (including phenoxy) is 1. The zero-order chi connectivity index (χ0) is 16.8. The smallest absolute Gasteiger partial charge is 0.252 e. The molecule has 5 heteroatoms. The summed E-state index contributed by atoms with van der Waals surface area (Å²) in [6.45, 7) is 4.10. The maximum atomic E-state index is 11.7. The molecule has 0 spiro atoms. The van der Waals surface area contributed by atoms with Crippen LogP contribution >= 0.6 is 0 Å². The highest BCUT2D eigenvalue weighted by molar-refractivity contribution is 5.93. The number of nitrogens with zero attached hydrogens (tertiary/aromatic N) is 1. The number of nitrogens with one attached hydrogen (secondary N) is 2. The van der Waals surface area contributed by atoms with Crippen LogP contribution in [0.2, 0.25) is 0 Å². The normalized spacial score (nSPS) is 19.9. The van der Waals surface area contributed by atoms with Gasteiger partial charge in [-0.2, -0.15) is 0 Å². The van der Waals surface area contributed by atoms with E-state index in [0.717, 1.165) is 25.4 Å². The summed E-state index contributed by atoms with van der Waals surface area (Å²) in [4.78, 5) is 16.1. The second-order valence-corrected chi connectivity index (χ2v) is 5.92. The molecule has 1 aliphatic rings. The minimum absolute atomic E-state index is 0.0927. The molecule has 2 unspecified atom stereocenters. The predicted octanol–water partition coefficient (Wildman–Crippen LogP) is 3.02. The molecule has 2 heterocycles. The molecule has 1 aromatic carbocycles. The maximum Gasteiger partial charge on any atom is 0.252 e. The second-order valence-electron chi connectivity index (χ2n) is 5.92. The lowest BCUT2D eigenvalue weighted by molar-refractivity contribution is 0.0933. The fourth-order valence-corrected chi connectivity index (χ4v) is 2.99. The summed E-state index contributed by atoms with van der Waals surface area (Å²) in [5.74, 6) is 1.10. The average molecular weight is 325 g/mol. The Morgan fingerprint density at radius 2 is 2.08 bits per heavy atom. The summed E-state index contributed by atoms with van der Waals surface area (Å²) in [6, 6.07) is 14.0. The van der Waals surface area contributed by atoms with E-state index in [-0.39, 0.29) is 12.0 Å². The van der Waals surface area contributed by atoms with Crippen LogP contribution < -0.4 is 10.6 Å². The fourth-order valence-electron chi connectivity index (χ4n) is 2.99. The monoisotopic (exact) mass is 325 g/mol. The number of aromatic nitrogens is 1. The minimum Gasteiger partial charge on any atom is -0.373 e. The summed E-state index contributed by atoms with van der Waals surface area (Å²) in [5, 5.41) is 6.13. The number of hydrogen-bond acceptors (Lipinski definition) is 4. The van der Waals surface area contributed by atoms with Gasteiger partial charge in [0.05, 0.1) is 11.7 Å². The summed E-state index contributed by atoms with van der Waals surface area (Å²) in [7, 11) is 0. The van der Waals surface area contributed by atoms with Gasteiger partial charge in [0.1, 0.15) is 5.82 Å². The molecule has 126 valence electrons. The number of amides is 1. The zero-order valence-electron chi connectivity index (χ0n) is 13.9. The van der Waals surface area contributed by atoms with Gasteiger partial charge in [-0.05, 0) is 31.0 Å². The predicted molar refractivity (Wildman–Crippen MR) is 94.0 cm³/mol. The molecule has 0 radical (unpaired) electrons. The lowest BCUT2D eigenvalue weighted by Gasteiger charge is -2.19. The molecule has 1 aromatic heterocycles. The Labute approximate surface area is 142 Å². The highest BCUT2D eigenvalue weighted by Crippen LogP contribution is 2.34. The van der Waals surface area contributed by atoms with Crippen molar-refractivity contribution in [1.29, 1.82) is 0 Å². The molecule has 1 saturated heterocycles. The van der Waals surface area contributed by atoms with E-state index in [0.29, 0.717) is 18.0 Å². The first-order valence-corrected chi connectivity index (χ1v) is 8.42. The third-order valence-electron chi connectivity index (χ3n) is 4.25. The number of hydrogen-bond donors (Lipinski definition) is 2. The molecular formula is C19H23N3O2. The first kappa shape index (κ1) is 16.5. The number of benzene rings is 1. The van der Waals surface area contributed by atoms with E-state index in [1.54, 1.807) is 12.3 Å². The second kappa shape index (κ2) is 7.93. The van der Waals surface area contributed by atoms with Gasteiger partial charge in [-0.15, -0.1) is 0 Å². The van der Waals surface area contributed by atoms with E-state index in [2.05, 4.69) is 27.8 Å². The first-order valence-electron chi connectivity index (χ1n) is 8.42. The van der Waals surface area contributed by atoms with Crippen LogP contribution in [0.4, 0.5) is 5.82 Å². The highest BCUT2D eigenvalue weighted by atomic mass is 16.5. The van der Waals surface area contributed by atoms with E-state index in [9.17, 15) is 4.79 Å². The molecule has 2 N–H and O–H groups in total. The molecule has 2 atom stereocenters. The van der Waals surface area contributed by atoms with Crippen molar-refractivity contribution >= 4 is 11.7 Å². The molecule has 1 fully saturated rings. The Bertz CT molecular complexity index is 658. The fraction of sp³-hybridized carbons (Fsp3) is 0.368. The van der Waals surface area contributed by atoms with Gasteiger partial charge in [-0.1, -0.05) is 30.3 Å². The number of carbonyl (C=O) groups excluding carboxylic acids is 1. The van der Waals surface area contributed by atoms with Crippen molar-refractivity contribution in [2.75, 3.05) is 25.0 Å². The Kier molecular flexibility index (Phi) is 5.43. The van der Waals surface area contributed by atoms with Crippen LogP contribution in [0, 0.1) is 5.92 Å². The standard InChI is InChI=1S/C19H23N3O2/c1-2-20-19(23)16-8-9-17(22-13-16)21-12-15-10-11-24-18(15)14-6-4-3-5-7-14/h3-9,13,15,18H,2,10-12H2,1H3,(H,20,23)(H,21,22). The molecule has 5 nitrogen and oxygen atoms in total. The van der Waals surface area contributed by atoms with E-state index in [1.165, 1.54) is 5.56 Å². The Hall–Kier alpha value is -2.40. The van der Waals surface area contributed by atoms with Gasteiger partial charge in [0, 0.05) is 31.8 Å². The van der Waals surface area contributed by atoms with Gasteiger partial charge in [-0.3, -0.25) is 4.79 Å². The van der Waals surface area contributed by atoms with E-state index >= 15 is 0 Å². The van der Waals surface area contributed by atoms with Crippen LogP contribution in [0.1, 0.15) is 35.4 Å². The van der Waals surface area contributed by atoms with Gasteiger partial charge in [0.25, 0.3) is 5.91 Å². The van der Waals surface area contributed by atoms with Crippen molar-refractivity contribution in [2.24, 2.45) is 5.92 Å². The summed E-state index contributed by atoms with van der Waals surface area (Å²) >= 11 is 0. The largest absolute Gasteiger partial charge is 0.373 e. The minimum atomic E-state index is -0.0927. The molecule has 2 aromatic rings. The molecule has 3 rings (SSSR count). The lowest BCUT2D eigenvalue weighted by atomic mass is 9.95. The molecule has 0 bridgehead atoms. The summed E-state index contributed by atoms with van der Waals surface area (Å²) in [5.41, 5.74) is 1.80. The maximum absolute atomic E-state index is 11.7. The molecule has 24 heavy (non-hydrogen) atoms. The lowest BCUT2D eigenvalue weighted by Crippen LogP contribution is -2.23. The Morgan fingerprint density at radius 1 is 1.25 bits per heavy atom. The Balaban J connectivity index is 1.58. The Morgan fingerprint density at radius 3 is 2.79 bits per heavy atom. The van der Waals surface area contributed by atoms with E-state index in [1.807, 2.05) is 31.2 Å². The third kappa shape index (κ3) is 3.92. The number of anilines is 1. The zero-order valence-corrected chi connectivity index (χ0v) is 13.9. The van der Waals surface area contributed by atoms with Crippen molar-refractivity contribution in [3.05, 3.63) is 59.8 Å². The van der Waals surface area contributed by atoms with Crippen LogP contribution in [0.15, 0.2) is 48.7 Å². The molecule has 0 saturated carbocycles. The summed E-state index contributed by atoms with van der Waals surface area (Å²) < 4.78 is 5.90. The SMILES string of the molecule is CCNC(=O)c1ccc(NCC2CCOC2c2ccccc2)nc1. The van der Waals surface area contributed by atoms with Crippen molar-refractivity contribution in [1.82, 2.24) is 10.3 Å². The topological polar surface area (TPSA) is 63.2 Å². The van der Waals surface area contributed by atoms with Gasteiger partial charge in [0.2, 0.25) is 0 Å². The first-order chi connectivity index (χ1) is 11.8. The van der Waals surface area contributed by atoms with E-state index < -0.39 is 0 Å². The van der Waals surface area contributed by atoms with Crippen LogP contribution in [0.5, 0.6) is 0 Å². The van der Waals surface area contributed by atoms with Gasteiger partial charge >= 0.3 is 0 Å². The molecular weight excluding hydrogens is 302 g/mol. The number of pyridine rings is 1. The van der Waals surface area contributed by atoms with Crippen LogP contribution in [0.25, 0.3) is 0 Å². The van der Waals surface area contributed by atoms with Crippen molar-refractivity contribution in [3.8, 4) is 0 Å². The summed E-state index contributed by atoms with van der Waals surface area (Å²) in [6.07, 6.45) is 2.77. The molecule has 1 aliphatic heterocycles. The van der Waals surface area contributed by atoms with Crippen LogP contribution in [0.3, 0.4) is 0 Å². The van der Waals surface area contributed by atoms with Crippen molar-refractivity contribution in [3.63, 3.8) is 0 Å². The third-order valence-corrected chi connectivity index (χ3v) is 4.25. The van der Waals surface area contributed by atoms with Crippen LogP contribution in [-0.2, 0) is 4.74 Å². The van der Waals surface area contributed by atoms with Gasteiger partial charge < -0.3 is 15.4 Å². The quantitative estimate of drug-likeness (QED) is 0.857. The number of rotatable bonds is 6. The van der Waals surface area contributed by atoms with Gasteiger partial charge in [-0.25, -0.2) is 4.98 Å². The van der Waals surface area contributed by atoms with Crippen molar-refractivity contribution < 1.29 is 9.53 Å². The average Bonchev–Trinajstić information content (AvgIpc) is 3.10.